The Kier molecular flexibility index (Phi) is 6.40. The molecular weight excluding hydrogens is 276 g/mol. The fourth-order valence-electron chi connectivity index (χ4n) is 2.63. The van der Waals surface area contributed by atoms with Crippen molar-refractivity contribution in [3.8, 4) is 0 Å². The van der Waals surface area contributed by atoms with Crippen LogP contribution >= 0.6 is 0 Å². The van der Waals surface area contributed by atoms with E-state index in [1.165, 1.54) is 11.1 Å². The minimum Gasteiger partial charge on any atom is -0.374 e. The fraction of sp³-hybridized carbons (Fsp3) is 0.611. The summed E-state index contributed by atoms with van der Waals surface area (Å²) in [4.78, 5) is 14.2. The third-order valence-electron chi connectivity index (χ3n) is 4.16. The summed E-state index contributed by atoms with van der Waals surface area (Å²) in [7, 11) is 2.08. The van der Waals surface area contributed by atoms with E-state index in [9.17, 15) is 4.79 Å². The Hall–Kier alpha value is -1.39. The van der Waals surface area contributed by atoms with Crippen LogP contribution in [0.3, 0.4) is 0 Å². The maximum absolute atomic E-state index is 11.9. The van der Waals surface area contributed by atoms with Gasteiger partial charge in [0.1, 0.15) is 0 Å². The molecule has 0 saturated carbocycles. The van der Waals surface area contributed by atoms with Crippen molar-refractivity contribution in [3.05, 3.63) is 35.4 Å². The van der Waals surface area contributed by atoms with Crippen LogP contribution in [0.2, 0.25) is 0 Å². The molecule has 22 heavy (non-hydrogen) atoms. The van der Waals surface area contributed by atoms with Crippen molar-refractivity contribution in [1.82, 2.24) is 10.2 Å². The molecule has 0 bridgehead atoms. The standard InChI is InChI=1S/C18H28N2O2/c1-14(2)16-7-4-15(5-8-16)6-9-18(21)19-12-17-13-20(3)10-11-22-17/h4-5,7-8,14,17H,6,9-13H2,1-3H3,(H,19,21)/t17-/m1/s1. The Morgan fingerprint density at radius 2 is 2.09 bits per heavy atom. The fourth-order valence-corrected chi connectivity index (χ4v) is 2.63. The third kappa shape index (κ3) is 5.43. The summed E-state index contributed by atoms with van der Waals surface area (Å²) in [5.74, 6) is 0.649. The van der Waals surface area contributed by atoms with Gasteiger partial charge in [0.25, 0.3) is 0 Å². The number of amides is 1. The van der Waals surface area contributed by atoms with Gasteiger partial charge in [0.2, 0.25) is 5.91 Å². The number of carbonyl (C=O) groups excluding carboxylic acids is 1. The molecule has 1 aromatic rings. The van der Waals surface area contributed by atoms with Crippen LogP contribution in [0.15, 0.2) is 24.3 Å². The minimum absolute atomic E-state index is 0.102. The highest BCUT2D eigenvalue weighted by Crippen LogP contribution is 2.15. The zero-order valence-electron chi connectivity index (χ0n) is 14.0. The number of likely N-dealkylation sites (N-methyl/N-ethyl adjacent to an activating group) is 1. The zero-order valence-corrected chi connectivity index (χ0v) is 14.0. The summed E-state index contributed by atoms with van der Waals surface area (Å²) < 4.78 is 5.64. The van der Waals surface area contributed by atoms with Crippen LogP contribution in [0.25, 0.3) is 0 Å². The van der Waals surface area contributed by atoms with Crippen molar-refractivity contribution in [2.45, 2.75) is 38.7 Å². The average molecular weight is 304 g/mol. The molecular formula is C18H28N2O2. The lowest BCUT2D eigenvalue weighted by atomic mass is 10.0. The molecule has 1 saturated heterocycles. The van der Waals surface area contributed by atoms with Crippen molar-refractivity contribution < 1.29 is 9.53 Å². The van der Waals surface area contributed by atoms with Crippen molar-refractivity contribution >= 4 is 5.91 Å². The molecule has 4 nitrogen and oxygen atoms in total. The van der Waals surface area contributed by atoms with Crippen molar-refractivity contribution in [2.24, 2.45) is 0 Å². The first-order valence-corrected chi connectivity index (χ1v) is 8.20. The van der Waals surface area contributed by atoms with E-state index in [1.807, 2.05) is 0 Å². The first-order chi connectivity index (χ1) is 10.5. The molecule has 1 atom stereocenters. The van der Waals surface area contributed by atoms with E-state index in [2.05, 4.69) is 55.4 Å². The number of hydrogen-bond donors (Lipinski definition) is 1. The molecule has 1 aliphatic rings. The van der Waals surface area contributed by atoms with Crippen LogP contribution < -0.4 is 5.32 Å². The molecule has 122 valence electrons. The second kappa shape index (κ2) is 8.30. The molecule has 0 spiro atoms. The Balaban J connectivity index is 1.68. The molecule has 1 fully saturated rings. The van der Waals surface area contributed by atoms with Gasteiger partial charge in [-0.3, -0.25) is 4.79 Å². The number of ether oxygens (including phenoxy) is 1. The normalized spacial score (nSPS) is 19.4. The topological polar surface area (TPSA) is 41.6 Å². The number of nitrogens with zero attached hydrogens (tertiary/aromatic N) is 1. The van der Waals surface area contributed by atoms with E-state index in [0.29, 0.717) is 18.9 Å². The Bertz CT molecular complexity index is 470. The zero-order chi connectivity index (χ0) is 15.9. The van der Waals surface area contributed by atoms with E-state index in [-0.39, 0.29) is 12.0 Å². The number of rotatable bonds is 6. The summed E-state index contributed by atoms with van der Waals surface area (Å²) in [6.45, 7) is 7.59. The highest BCUT2D eigenvalue weighted by atomic mass is 16.5. The summed E-state index contributed by atoms with van der Waals surface area (Å²) in [5, 5.41) is 2.98. The summed E-state index contributed by atoms with van der Waals surface area (Å²) >= 11 is 0. The number of aryl methyl sites for hydroxylation is 1. The molecule has 1 aliphatic heterocycles. The maximum Gasteiger partial charge on any atom is 0.220 e. The molecule has 0 aromatic heterocycles. The molecule has 2 rings (SSSR count). The van der Waals surface area contributed by atoms with Crippen LogP contribution in [0.1, 0.15) is 37.3 Å². The van der Waals surface area contributed by atoms with Crippen molar-refractivity contribution in [3.63, 3.8) is 0 Å². The van der Waals surface area contributed by atoms with Crippen LogP contribution in [0, 0.1) is 0 Å². The number of carbonyl (C=O) groups is 1. The van der Waals surface area contributed by atoms with Gasteiger partial charge in [-0.2, -0.15) is 0 Å². The summed E-state index contributed by atoms with van der Waals surface area (Å²) in [6, 6.07) is 8.57. The average Bonchev–Trinajstić information content (AvgIpc) is 2.51. The summed E-state index contributed by atoms with van der Waals surface area (Å²) in [5.41, 5.74) is 2.56. The van der Waals surface area contributed by atoms with Gasteiger partial charge in [0, 0.05) is 26.1 Å². The van der Waals surface area contributed by atoms with Gasteiger partial charge < -0.3 is 15.0 Å². The first-order valence-electron chi connectivity index (χ1n) is 8.20. The molecule has 1 N–H and O–H groups in total. The SMILES string of the molecule is CC(C)c1ccc(CCC(=O)NC[C@@H]2CN(C)CCO2)cc1. The van der Waals surface area contributed by atoms with Crippen LogP contribution in [-0.2, 0) is 16.0 Å². The first kappa shape index (κ1) is 17.0. The number of hydrogen-bond acceptors (Lipinski definition) is 3. The van der Waals surface area contributed by atoms with E-state index in [4.69, 9.17) is 4.74 Å². The van der Waals surface area contributed by atoms with Crippen LogP contribution in [0.4, 0.5) is 0 Å². The van der Waals surface area contributed by atoms with Gasteiger partial charge in [0.15, 0.2) is 0 Å². The van der Waals surface area contributed by atoms with E-state index in [0.717, 1.165) is 26.1 Å². The smallest absolute Gasteiger partial charge is 0.220 e. The lowest BCUT2D eigenvalue weighted by molar-refractivity contribution is -0.122. The second-order valence-corrected chi connectivity index (χ2v) is 6.46. The van der Waals surface area contributed by atoms with E-state index in [1.54, 1.807) is 0 Å². The molecule has 1 aromatic carbocycles. The number of nitrogens with one attached hydrogen (secondary N) is 1. The van der Waals surface area contributed by atoms with Gasteiger partial charge in [-0.05, 0) is 30.5 Å². The van der Waals surface area contributed by atoms with Crippen LogP contribution in [-0.4, -0.2) is 50.2 Å². The quantitative estimate of drug-likeness (QED) is 0.876. The van der Waals surface area contributed by atoms with E-state index >= 15 is 0 Å². The van der Waals surface area contributed by atoms with Crippen molar-refractivity contribution in [1.29, 1.82) is 0 Å². The van der Waals surface area contributed by atoms with Gasteiger partial charge in [-0.15, -0.1) is 0 Å². The maximum atomic E-state index is 11.9. The molecule has 1 amide bonds. The Labute approximate surface area is 133 Å². The monoisotopic (exact) mass is 304 g/mol. The Morgan fingerprint density at radius 3 is 2.73 bits per heavy atom. The highest BCUT2D eigenvalue weighted by molar-refractivity contribution is 5.76. The molecule has 0 aliphatic carbocycles. The van der Waals surface area contributed by atoms with E-state index < -0.39 is 0 Å². The molecule has 1 heterocycles. The summed E-state index contributed by atoms with van der Waals surface area (Å²) in [6.07, 6.45) is 1.44. The lowest BCUT2D eigenvalue weighted by Gasteiger charge is -2.30. The third-order valence-corrected chi connectivity index (χ3v) is 4.16. The predicted molar refractivity (Wildman–Crippen MR) is 89.1 cm³/mol. The highest BCUT2D eigenvalue weighted by Gasteiger charge is 2.18. The largest absolute Gasteiger partial charge is 0.374 e. The lowest BCUT2D eigenvalue weighted by Crippen LogP contribution is -2.45. The molecule has 0 unspecified atom stereocenters. The number of morpholine rings is 1. The van der Waals surface area contributed by atoms with Crippen molar-refractivity contribution in [2.75, 3.05) is 33.3 Å². The second-order valence-electron chi connectivity index (χ2n) is 6.46. The van der Waals surface area contributed by atoms with Gasteiger partial charge >= 0.3 is 0 Å². The Morgan fingerprint density at radius 1 is 1.36 bits per heavy atom. The van der Waals surface area contributed by atoms with Gasteiger partial charge in [-0.25, -0.2) is 0 Å². The minimum atomic E-state index is 0.102. The van der Waals surface area contributed by atoms with Gasteiger partial charge in [-0.1, -0.05) is 38.1 Å². The molecule has 0 radical (unpaired) electrons. The molecule has 4 heteroatoms. The number of benzene rings is 1. The van der Waals surface area contributed by atoms with Gasteiger partial charge in [0.05, 0.1) is 12.7 Å². The predicted octanol–water partition coefficient (Wildman–Crippen LogP) is 2.19. The van der Waals surface area contributed by atoms with Crippen LogP contribution in [0.5, 0.6) is 0 Å².